The molecule has 0 radical (unpaired) electrons. The van der Waals surface area contributed by atoms with Gasteiger partial charge in [0, 0.05) is 0 Å². The molecule has 2 aromatic rings. The summed E-state index contributed by atoms with van der Waals surface area (Å²) < 4.78 is 0. The van der Waals surface area contributed by atoms with E-state index in [1.54, 1.807) is 12.1 Å². The van der Waals surface area contributed by atoms with Crippen LogP contribution >= 0.6 is 0 Å². The molecule has 0 unspecified atom stereocenters. The van der Waals surface area contributed by atoms with Crippen molar-refractivity contribution in [1.29, 1.82) is 0 Å². The van der Waals surface area contributed by atoms with Crippen molar-refractivity contribution < 1.29 is 29.7 Å². The van der Waals surface area contributed by atoms with Gasteiger partial charge in [0.25, 0.3) is 0 Å². The Labute approximate surface area is 124 Å². The molecule has 0 amide bonds. The summed E-state index contributed by atoms with van der Waals surface area (Å²) in [5, 5.41) is 27.8. The summed E-state index contributed by atoms with van der Waals surface area (Å²) in [6.45, 7) is 0. The van der Waals surface area contributed by atoms with Crippen molar-refractivity contribution in [3.8, 4) is 0 Å². The van der Waals surface area contributed by atoms with Gasteiger partial charge in [-0.3, -0.25) is 0 Å². The van der Waals surface area contributed by atoms with Gasteiger partial charge < -0.3 is 15.3 Å². The fourth-order valence-corrected chi connectivity index (χ4v) is 1.96. The molecule has 7 heteroatoms. The van der Waals surface area contributed by atoms with E-state index in [1.165, 1.54) is 12.1 Å². The normalized spacial score (nSPS) is 9.80. The van der Waals surface area contributed by atoms with Crippen LogP contribution in [0, 0.1) is 0 Å². The molecule has 0 fully saturated rings. The van der Waals surface area contributed by atoms with Gasteiger partial charge in [-0.25, -0.2) is 14.4 Å². The van der Waals surface area contributed by atoms with E-state index in [4.69, 9.17) is 15.3 Å². The Morgan fingerprint density at radius 1 is 0.800 bits per heavy atom. The molecule has 0 aliphatic carbocycles. The summed E-state index contributed by atoms with van der Waals surface area (Å²) in [5.41, 5.74) is -1.76. The quantitative estimate of drug-likeness (QED) is 0.723. The van der Waals surface area contributed by atoms with Gasteiger partial charge in [-0.1, -0.05) is 24.3 Å². The number of rotatable bonds is 3. The van der Waals surface area contributed by atoms with E-state index in [0.29, 0.717) is 5.39 Å². The number of aromatic carboxylic acids is 3. The van der Waals surface area contributed by atoms with Gasteiger partial charge in [0.1, 0.15) is 0 Å². The monoisotopic (exact) mass is 268 g/mol. The number of carbonyl (C=O) groups is 3. The number of hydrogen-bond donors (Lipinski definition) is 3. The number of fused-ring (bicyclic) bond motifs is 1. The average Bonchev–Trinajstić information content (AvgIpc) is 2.35. The summed E-state index contributed by atoms with van der Waals surface area (Å²) in [5.74, 6) is -4.54. The molecule has 0 spiro atoms. The third-order valence-corrected chi connectivity index (χ3v) is 2.71. The van der Waals surface area contributed by atoms with Crippen LogP contribution in [-0.4, -0.2) is 52.1 Å². The molecule has 0 bridgehead atoms. The summed E-state index contributed by atoms with van der Waals surface area (Å²) in [6.07, 6.45) is 0. The molecule has 2 aromatic carbocycles. The molecule has 0 aliphatic rings. The summed E-state index contributed by atoms with van der Waals surface area (Å²) in [6, 6.07) is 7.30. The maximum atomic E-state index is 11.3. The Morgan fingerprint density at radius 2 is 1.35 bits per heavy atom. The zero-order valence-electron chi connectivity index (χ0n) is 9.45. The number of hydrogen-bond acceptors (Lipinski definition) is 3. The van der Waals surface area contributed by atoms with Crippen molar-refractivity contribution in [2.24, 2.45) is 0 Å². The summed E-state index contributed by atoms with van der Waals surface area (Å²) >= 11 is 0. The molecule has 98 valence electrons. The van der Waals surface area contributed by atoms with Crippen LogP contribution in [0.3, 0.4) is 0 Å². The van der Waals surface area contributed by atoms with Gasteiger partial charge in [0.15, 0.2) is 0 Å². The van der Waals surface area contributed by atoms with Gasteiger partial charge >= 0.3 is 36.8 Å². The van der Waals surface area contributed by atoms with E-state index in [-0.39, 0.29) is 24.2 Å². The molecule has 20 heavy (non-hydrogen) atoms. The van der Waals surface area contributed by atoms with E-state index >= 15 is 0 Å². The van der Waals surface area contributed by atoms with Crippen LogP contribution in [0.4, 0.5) is 0 Å². The topological polar surface area (TPSA) is 112 Å². The molecule has 3 N–H and O–H groups in total. The zero-order chi connectivity index (χ0) is 14.2. The third kappa shape index (κ3) is 2.52. The van der Waals surface area contributed by atoms with Crippen LogP contribution in [0.15, 0.2) is 30.3 Å². The van der Waals surface area contributed by atoms with E-state index in [2.05, 4.69) is 0 Å². The van der Waals surface area contributed by atoms with Crippen molar-refractivity contribution in [2.75, 3.05) is 0 Å². The van der Waals surface area contributed by atoms with Crippen LogP contribution in [0.25, 0.3) is 10.8 Å². The number of carboxylic acid groups (broad SMARTS) is 3. The molecule has 0 atom stereocenters. The van der Waals surface area contributed by atoms with Crippen molar-refractivity contribution in [3.63, 3.8) is 0 Å². The van der Waals surface area contributed by atoms with Crippen molar-refractivity contribution >= 4 is 47.5 Å². The predicted octanol–water partition coefficient (Wildman–Crippen LogP) is 1.29. The second kappa shape index (κ2) is 5.78. The molecular weight excluding hydrogens is 259 g/mol. The van der Waals surface area contributed by atoms with Crippen LogP contribution in [0.5, 0.6) is 0 Å². The molecule has 0 aliphatic heterocycles. The van der Waals surface area contributed by atoms with Crippen LogP contribution in [0.1, 0.15) is 31.1 Å². The van der Waals surface area contributed by atoms with E-state index < -0.39 is 34.6 Å². The first kappa shape index (κ1) is 15.8. The second-order valence-electron chi connectivity index (χ2n) is 3.81. The first-order chi connectivity index (χ1) is 8.93. The van der Waals surface area contributed by atoms with Gasteiger partial charge in [-0.05, 0) is 16.8 Å². The SMILES string of the molecule is O=C(O)c1cc2ccccc2c(C(=O)O)c1C(=O)O.[LiH]. The third-order valence-electron chi connectivity index (χ3n) is 2.71. The van der Waals surface area contributed by atoms with Gasteiger partial charge in [-0.15, -0.1) is 0 Å². The molecule has 0 saturated heterocycles. The van der Waals surface area contributed by atoms with Gasteiger partial charge in [0.05, 0.1) is 16.7 Å². The first-order valence-electron chi connectivity index (χ1n) is 5.19. The van der Waals surface area contributed by atoms with Crippen molar-refractivity contribution in [3.05, 3.63) is 47.0 Å². The fraction of sp³-hybridized carbons (Fsp3) is 0. The van der Waals surface area contributed by atoms with E-state index in [0.717, 1.165) is 6.07 Å². The minimum atomic E-state index is -1.58. The summed E-state index contributed by atoms with van der Waals surface area (Å²) in [7, 11) is 0. The Balaban J connectivity index is 0.00000200. The van der Waals surface area contributed by atoms with Crippen LogP contribution < -0.4 is 0 Å². The second-order valence-corrected chi connectivity index (χ2v) is 3.81. The van der Waals surface area contributed by atoms with Crippen molar-refractivity contribution in [2.45, 2.75) is 0 Å². The van der Waals surface area contributed by atoms with Crippen LogP contribution in [-0.2, 0) is 0 Å². The van der Waals surface area contributed by atoms with Crippen molar-refractivity contribution in [1.82, 2.24) is 0 Å². The number of benzene rings is 2. The maximum absolute atomic E-state index is 11.3. The molecule has 0 saturated carbocycles. The van der Waals surface area contributed by atoms with E-state index in [9.17, 15) is 14.4 Å². The number of carboxylic acids is 3. The first-order valence-corrected chi connectivity index (χ1v) is 5.19. The molecule has 6 nitrogen and oxygen atoms in total. The Kier molecular flexibility index (Phi) is 4.55. The Morgan fingerprint density at radius 3 is 1.85 bits per heavy atom. The van der Waals surface area contributed by atoms with Gasteiger partial charge in [-0.2, -0.15) is 0 Å². The molecule has 2 rings (SSSR count). The predicted molar refractivity (Wildman–Crippen MR) is 72.0 cm³/mol. The molecular formula is C13H9LiO6. The van der Waals surface area contributed by atoms with E-state index in [1.807, 2.05) is 0 Å². The minimum absolute atomic E-state index is 0. The molecule has 0 aromatic heterocycles. The van der Waals surface area contributed by atoms with Gasteiger partial charge in [0.2, 0.25) is 0 Å². The summed E-state index contributed by atoms with van der Waals surface area (Å²) in [4.78, 5) is 33.5. The standard InChI is InChI=1S/C13H8O6.Li.H/c14-11(15)8-5-6-3-1-2-4-7(6)9(12(16)17)10(8)13(18)19;;/h1-5H,(H,14,15)(H,16,17)(H,18,19);;. The van der Waals surface area contributed by atoms with Crippen LogP contribution in [0.2, 0.25) is 0 Å². The Bertz CT molecular complexity index is 722. The molecule has 0 heterocycles. The fourth-order valence-electron chi connectivity index (χ4n) is 1.96. The average molecular weight is 268 g/mol. The zero-order valence-corrected chi connectivity index (χ0v) is 9.45. The Hall–Kier alpha value is -2.29.